The molecule has 2 aromatic carbocycles. The van der Waals surface area contributed by atoms with Crippen LogP contribution in [0.2, 0.25) is 0 Å². The molecule has 1 aliphatic rings. The van der Waals surface area contributed by atoms with Crippen molar-refractivity contribution in [1.82, 2.24) is 10.2 Å². The van der Waals surface area contributed by atoms with Crippen molar-refractivity contribution >= 4 is 5.91 Å². The highest BCUT2D eigenvalue weighted by atomic mass is 16.5. The fraction of sp³-hybridized carbons (Fsp3) is 0.435. The van der Waals surface area contributed by atoms with E-state index in [1.54, 1.807) is 7.11 Å². The Balaban J connectivity index is 1.60. The Morgan fingerprint density at radius 2 is 1.93 bits per heavy atom. The Hall–Kier alpha value is -2.53. The molecule has 0 spiro atoms. The normalized spacial score (nSPS) is 15.2. The summed E-state index contributed by atoms with van der Waals surface area (Å²) in [7, 11) is 1.68. The zero-order chi connectivity index (χ0) is 19.8. The fourth-order valence-electron chi connectivity index (χ4n) is 3.70. The summed E-state index contributed by atoms with van der Waals surface area (Å²) >= 11 is 0. The zero-order valence-corrected chi connectivity index (χ0v) is 16.8. The lowest BCUT2D eigenvalue weighted by Crippen LogP contribution is -2.38. The van der Waals surface area contributed by atoms with Gasteiger partial charge in [0.05, 0.1) is 13.2 Å². The molecule has 0 aliphatic carbocycles. The molecule has 0 bridgehead atoms. The number of nitrogens with one attached hydrogen (secondary N) is 1. The van der Waals surface area contributed by atoms with Crippen molar-refractivity contribution in [3.8, 4) is 11.5 Å². The molecule has 0 saturated carbocycles. The molecular formula is C23H30N2O3. The number of aryl methyl sites for hydroxylation is 1. The number of benzene rings is 2. The molecule has 1 amide bonds. The van der Waals surface area contributed by atoms with Crippen molar-refractivity contribution in [2.75, 3.05) is 33.4 Å². The number of amides is 1. The molecule has 150 valence electrons. The average molecular weight is 383 g/mol. The molecule has 3 rings (SSSR count). The topological polar surface area (TPSA) is 50.8 Å². The van der Waals surface area contributed by atoms with E-state index in [0.29, 0.717) is 6.54 Å². The first-order chi connectivity index (χ1) is 13.7. The third-order valence-electron chi connectivity index (χ3n) is 5.26. The fourth-order valence-corrected chi connectivity index (χ4v) is 3.70. The second-order valence-corrected chi connectivity index (χ2v) is 7.09. The number of likely N-dealkylation sites (tertiary alicyclic amines) is 1. The van der Waals surface area contributed by atoms with Crippen molar-refractivity contribution in [3.05, 3.63) is 59.7 Å². The quantitative estimate of drug-likeness (QED) is 0.720. The van der Waals surface area contributed by atoms with Crippen LogP contribution in [0.15, 0.2) is 48.5 Å². The van der Waals surface area contributed by atoms with Crippen LogP contribution in [0.1, 0.15) is 36.9 Å². The van der Waals surface area contributed by atoms with E-state index in [2.05, 4.69) is 29.3 Å². The SMILES string of the molecule is CCc1ccccc1OCC(=O)NCC(c1cccc(OC)c1)N1CCCC1. The van der Waals surface area contributed by atoms with Crippen molar-refractivity contribution < 1.29 is 14.3 Å². The summed E-state index contributed by atoms with van der Waals surface area (Å²) in [5, 5.41) is 3.06. The summed E-state index contributed by atoms with van der Waals surface area (Å²) in [5.41, 5.74) is 2.28. The lowest BCUT2D eigenvalue weighted by Gasteiger charge is -2.28. The summed E-state index contributed by atoms with van der Waals surface area (Å²) in [4.78, 5) is 14.8. The highest BCUT2D eigenvalue weighted by molar-refractivity contribution is 5.77. The highest BCUT2D eigenvalue weighted by Crippen LogP contribution is 2.27. The van der Waals surface area contributed by atoms with Crippen LogP contribution in [0.25, 0.3) is 0 Å². The van der Waals surface area contributed by atoms with Gasteiger partial charge in [-0.1, -0.05) is 37.3 Å². The molecule has 1 fully saturated rings. The van der Waals surface area contributed by atoms with E-state index in [-0.39, 0.29) is 18.6 Å². The molecule has 1 saturated heterocycles. The first-order valence-electron chi connectivity index (χ1n) is 10.1. The minimum atomic E-state index is -0.0991. The predicted octanol–water partition coefficient (Wildman–Crippen LogP) is 3.59. The van der Waals surface area contributed by atoms with Crippen molar-refractivity contribution in [2.45, 2.75) is 32.2 Å². The molecule has 5 heteroatoms. The average Bonchev–Trinajstić information content (AvgIpc) is 3.27. The number of hydrogen-bond acceptors (Lipinski definition) is 4. The van der Waals surface area contributed by atoms with Crippen LogP contribution in [-0.2, 0) is 11.2 Å². The summed E-state index contributed by atoms with van der Waals surface area (Å²) < 4.78 is 11.1. The van der Waals surface area contributed by atoms with Gasteiger partial charge in [0.25, 0.3) is 5.91 Å². The Morgan fingerprint density at radius 1 is 1.14 bits per heavy atom. The summed E-state index contributed by atoms with van der Waals surface area (Å²) in [6.07, 6.45) is 3.28. The monoisotopic (exact) mass is 382 g/mol. The third kappa shape index (κ3) is 5.26. The summed E-state index contributed by atoms with van der Waals surface area (Å²) in [6, 6.07) is 16.1. The Kier molecular flexibility index (Phi) is 7.31. The van der Waals surface area contributed by atoms with Gasteiger partial charge in [0.2, 0.25) is 0 Å². The number of nitrogens with zero attached hydrogens (tertiary/aromatic N) is 1. The molecule has 1 unspecified atom stereocenters. The van der Waals surface area contributed by atoms with E-state index >= 15 is 0 Å². The van der Waals surface area contributed by atoms with E-state index < -0.39 is 0 Å². The van der Waals surface area contributed by atoms with E-state index in [4.69, 9.17) is 9.47 Å². The minimum absolute atomic E-state index is 0.0296. The van der Waals surface area contributed by atoms with Crippen LogP contribution >= 0.6 is 0 Å². The molecule has 28 heavy (non-hydrogen) atoms. The van der Waals surface area contributed by atoms with Gasteiger partial charge < -0.3 is 14.8 Å². The maximum absolute atomic E-state index is 12.4. The van der Waals surface area contributed by atoms with Crippen molar-refractivity contribution in [3.63, 3.8) is 0 Å². The number of hydrogen-bond donors (Lipinski definition) is 1. The number of ether oxygens (including phenoxy) is 2. The highest BCUT2D eigenvalue weighted by Gasteiger charge is 2.24. The largest absolute Gasteiger partial charge is 0.497 e. The van der Waals surface area contributed by atoms with Gasteiger partial charge in [-0.3, -0.25) is 9.69 Å². The smallest absolute Gasteiger partial charge is 0.258 e. The van der Waals surface area contributed by atoms with Gasteiger partial charge in [0.15, 0.2) is 6.61 Å². The lowest BCUT2D eigenvalue weighted by atomic mass is 10.0. The van der Waals surface area contributed by atoms with Crippen LogP contribution in [0.5, 0.6) is 11.5 Å². The van der Waals surface area contributed by atoms with Gasteiger partial charge in [0, 0.05) is 6.54 Å². The Labute approximate surface area is 167 Å². The van der Waals surface area contributed by atoms with Crippen LogP contribution < -0.4 is 14.8 Å². The van der Waals surface area contributed by atoms with Gasteiger partial charge in [-0.15, -0.1) is 0 Å². The van der Waals surface area contributed by atoms with E-state index in [9.17, 15) is 4.79 Å². The van der Waals surface area contributed by atoms with Crippen LogP contribution in [0.4, 0.5) is 0 Å². The maximum Gasteiger partial charge on any atom is 0.258 e. The van der Waals surface area contributed by atoms with E-state index in [1.165, 1.54) is 18.4 Å². The second-order valence-electron chi connectivity index (χ2n) is 7.09. The molecule has 5 nitrogen and oxygen atoms in total. The van der Waals surface area contributed by atoms with Gasteiger partial charge >= 0.3 is 0 Å². The molecule has 0 radical (unpaired) electrons. The molecule has 1 heterocycles. The van der Waals surface area contributed by atoms with Gasteiger partial charge in [-0.25, -0.2) is 0 Å². The zero-order valence-electron chi connectivity index (χ0n) is 16.8. The van der Waals surface area contributed by atoms with Gasteiger partial charge in [-0.05, 0) is 61.7 Å². The molecule has 1 N–H and O–H groups in total. The van der Waals surface area contributed by atoms with Crippen molar-refractivity contribution in [1.29, 1.82) is 0 Å². The molecule has 1 aliphatic heterocycles. The molecule has 1 atom stereocenters. The van der Waals surface area contributed by atoms with Crippen LogP contribution in [0, 0.1) is 0 Å². The van der Waals surface area contributed by atoms with Crippen LogP contribution in [0.3, 0.4) is 0 Å². The Bertz CT molecular complexity index is 772. The Morgan fingerprint density at radius 3 is 2.68 bits per heavy atom. The maximum atomic E-state index is 12.4. The number of carbonyl (C=O) groups is 1. The lowest BCUT2D eigenvalue weighted by molar-refractivity contribution is -0.123. The summed E-state index contributed by atoms with van der Waals surface area (Å²) in [5.74, 6) is 1.52. The third-order valence-corrected chi connectivity index (χ3v) is 5.26. The first-order valence-corrected chi connectivity index (χ1v) is 10.1. The summed E-state index contributed by atoms with van der Waals surface area (Å²) in [6.45, 7) is 4.78. The van der Waals surface area contributed by atoms with Gasteiger partial charge in [0.1, 0.15) is 11.5 Å². The minimum Gasteiger partial charge on any atom is -0.497 e. The standard InChI is InChI=1S/C23H30N2O3/c1-3-18-9-4-5-12-22(18)28-17-23(26)24-16-21(25-13-6-7-14-25)19-10-8-11-20(15-19)27-2/h4-5,8-12,15,21H,3,6-7,13-14,16-17H2,1-2H3,(H,24,26). The first kappa shape index (κ1) is 20.2. The number of methoxy groups -OCH3 is 1. The molecular weight excluding hydrogens is 352 g/mol. The molecule has 0 aromatic heterocycles. The number of para-hydroxylation sites is 1. The predicted molar refractivity (Wildman–Crippen MR) is 111 cm³/mol. The molecule has 2 aromatic rings. The van der Waals surface area contributed by atoms with Crippen LogP contribution in [-0.4, -0.2) is 44.2 Å². The number of carbonyl (C=O) groups excluding carboxylic acids is 1. The van der Waals surface area contributed by atoms with Crippen molar-refractivity contribution in [2.24, 2.45) is 0 Å². The van der Waals surface area contributed by atoms with E-state index in [1.807, 2.05) is 36.4 Å². The van der Waals surface area contributed by atoms with E-state index in [0.717, 1.165) is 36.6 Å². The van der Waals surface area contributed by atoms with Gasteiger partial charge in [-0.2, -0.15) is 0 Å². The number of rotatable bonds is 9. The second kappa shape index (κ2) is 10.1.